The van der Waals surface area contributed by atoms with Gasteiger partial charge >= 0.3 is 5.97 Å². The summed E-state index contributed by atoms with van der Waals surface area (Å²) in [6.07, 6.45) is 3.23. The van der Waals surface area contributed by atoms with Gasteiger partial charge in [0.05, 0.1) is 0 Å². The van der Waals surface area contributed by atoms with Gasteiger partial charge in [0.1, 0.15) is 11.7 Å². The number of rotatable bonds is 3. The third-order valence-corrected chi connectivity index (χ3v) is 3.64. The van der Waals surface area contributed by atoms with Crippen LogP contribution < -0.4 is 4.74 Å². The number of carbonyl (C=O) groups is 1. The van der Waals surface area contributed by atoms with Crippen molar-refractivity contribution in [2.24, 2.45) is 11.8 Å². The Bertz CT molecular complexity index is 462. The van der Waals surface area contributed by atoms with Gasteiger partial charge in [0.15, 0.2) is 0 Å². The van der Waals surface area contributed by atoms with Crippen molar-refractivity contribution in [1.82, 2.24) is 4.98 Å². The number of pyridine rings is 1. The van der Waals surface area contributed by atoms with E-state index in [4.69, 9.17) is 9.84 Å². The first-order chi connectivity index (χ1) is 8.95. The van der Waals surface area contributed by atoms with E-state index in [9.17, 15) is 4.79 Å². The first-order valence-corrected chi connectivity index (χ1v) is 6.83. The second kappa shape index (κ2) is 5.59. The molecule has 1 fully saturated rings. The summed E-state index contributed by atoms with van der Waals surface area (Å²) in [7, 11) is 0. The fourth-order valence-electron chi connectivity index (χ4n) is 2.91. The van der Waals surface area contributed by atoms with Gasteiger partial charge in [0, 0.05) is 5.69 Å². The van der Waals surface area contributed by atoms with Crippen LogP contribution >= 0.6 is 0 Å². The van der Waals surface area contributed by atoms with Gasteiger partial charge in [-0.05, 0) is 50.2 Å². The summed E-state index contributed by atoms with van der Waals surface area (Å²) >= 11 is 0. The predicted octanol–water partition coefficient (Wildman–Crippen LogP) is 3.29. The molecule has 1 aromatic rings. The molecule has 1 aliphatic carbocycles. The van der Waals surface area contributed by atoms with Gasteiger partial charge in [0.25, 0.3) is 0 Å². The van der Waals surface area contributed by atoms with Crippen LogP contribution in [0.5, 0.6) is 5.88 Å². The van der Waals surface area contributed by atoms with Crippen molar-refractivity contribution in [2.75, 3.05) is 0 Å². The fraction of sp³-hybridized carbons (Fsp3) is 0.600. The van der Waals surface area contributed by atoms with Gasteiger partial charge in [-0.25, -0.2) is 9.78 Å². The molecule has 104 valence electrons. The number of ether oxygens (including phenoxy) is 1. The van der Waals surface area contributed by atoms with Gasteiger partial charge in [-0.1, -0.05) is 13.8 Å². The monoisotopic (exact) mass is 263 g/mol. The van der Waals surface area contributed by atoms with E-state index in [1.54, 1.807) is 12.1 Å². The lowest BCUT2D eigenvalue weighted by molar-refractivity contribution is 0.0670. The average molecular weight is 263 g/mol. The molecule has 1 saturated carbocycles. The Morgan fingerprint density at radius 1 is 1.26 bits per heavy atom. The van der Waals surface area contributed by atoms with Crippen molar-refractivity contribution in [3.63, 3.8) is 0 Å². The van der Waals surface area contributed by atoms with E-state index < -0.39 is 5.97 Å². The predicted molar refractivity (Wildman–Crippen MR) is 72.5 cm³/mol. The Hall–Kier alpha value is -1.58. The molecule has 0 aliphatic heterocycles. The third-order valence-electron chi connectivity index (χ3n) is 3.64. The first kappa shape index (κ1) is 13.8. The maximum atomic E-state index is 11.2. The largest absolute Gasteiger partial charge is 0.477 e. The molecule has 1 N–H and O–H groups in total. The molecule has 19 heavy (non-hydrogen) atoms. The summed E-state index contributed by atoms with van der Waals surface area (Å²) < 4.78 is 5.88. The number of aromatic nitrogens is 1. The highest BCUT2D eigenvalue weighted by molar-refractivity contribution is 5.90. The van der Waals surface area contributed by atoms with E-state index in [0.717, 1.165) is 18.5 Å². The lowest BCUT2D eigenvalue weighted by Crippen LogP contribution is -2.29. The lowest BCUT2D eigenvalue weighted by Gasteiger charge is -2.31. The van der Waals surface area contributed by atoms with Crippen LogP contribution in [0.1, 0.15) is 49.2 Å². The zero-order chi connectivity index (χ0) is 14.0. The zero-order valence-electron chi connectivity index (χ0n) is 11.7. The lowest BCUT2D eigenvalue weighted by atomic mass is 9.82. The van der Waals surface area contributed by atoms with Crippen LogP contribution in [0.2, 0.25) is 0 Å². The molecule has 4 nitrogen and oxygen atoms in total. The molecule has 2 unspecified atom stereocenters. The van der Waals surface area contributed by atoms with Crippen molar-refractivity contribution in [3.05, 3.63) is 23.4 Å². The van der Waals surface area contributed by atoms with E-state index in [-0.39, 0.29) is 17.5 Å². The molecule has 1 aromatic heterocycles. The van der Waals surface area contributed by atoms with Crippen LogP contribution in [0.25, 0.3) is 0 Å². The Kier molecular flexibility index (Phi) is 4.08. The molecule has 0 spiro atoms. The topological polar surface area (TPSA) is 59.4 Å². The summed E-state index contributed by atoms with van der Waals surface area (Å²) in [6.45, 7) is 6.27. The first-order valence-electron chi connectivity index (χ1n) is 6.83. The van der Waals surface area contributed by atoms with Crippen molar-refractivity contribution in [1.29, 1.82) is 0 Å². The summed E-state index contributed by atoms with van der Waals surface area (Å²) in [4.78, 5) is 15.4. The molecule has 2 atom stereocenters. The second-order valence-corrected chi connectivity index (χ2v) is 5.77. The minimum Gasteiger partial charge on any atom is -0.477 e. The third kappa shape index (κ3) is 3.46. The summed E-state index contributed by atoms with van der Waals surface area (Å²) in [5.74, 6) is 0.511. The number of carboxylic acid groups (broad SMARTS) is 1. The molecular weight excluding hydrogens is 242 g/mol. The average Bonchev–Trinajstić information content (AvgIpc) is 2.26. The SMILES string of the molecule is Cc1ccc(C(=O)O)c(OC2CC(C)CC(C)C2)n1. The van der Waals surface area contributed by atoms with Gasteiger partial charge in [-0.3, -0.25) is 0 Å². The Morgan fingerprint density at radius 2 is 1.89 bits per heavy atom. The van der Waals surface area contributed by atoms with Gasteiger partial charge in [0.2, 0.25) is 5.88 Å². The van der Waals surface area contributed by atoms with Crippen LogP contribution in [-0.2, 0) is 0 Å². The number of nitrogens with zero attached hydrogens (tertiary/aromatic N) is 1. The highest BCUT2D eigenvalue weighted by Crippen LogP contribution is 2.31. The molecular formula is C15H21NO3. The Morgan fingerprint density at radius 3 is 2.47 bits per heavy atom. The normalized spacial score (nSPS) is 27.0. The Labute approximate surface area is 113 Å². The van der Waals surface area contributed by atoms with E-state index in [1.807, 2.05) is 6.92 Å². The molecule has 4 heteroatoms. The van der Waals surface area contributed by atoms with Crippen LogP contribution in [0.4, 0.5) is 0 Å². The highest BCUT2D eigenvalue weighted by Gasteiger charge is 2.27. The van der Waals surface area contributed by atoms with E-state index >= 15 is 0 Å². The smallest absolute Gasteiger partial charge is 0.341 e. The maximum Gasteiger partial charge on any atom is 0.341 e. The standard InChI is InChI=1S/C15H21NO3/c1-9-6-10(2)8-12(7-9)19-14-13(15(17)18)5-4-11(3)16-14/h4-5,9-10,12H,6-8H2,1-3H3,(H,17,18). The molecule has 0 saturated heterocycles. The molecule has 0 radical (unpaired) electrons. The number of hydrogen-bond acceptors (Lipinski definition) is 3. The minimum atomic E-state index is -0.987. The van der Waals surface area contributed by atoms with Crippen LogP contribution in [0.3, 0.4) is 0 Å². The van der Waals surface area contributed by atoms with E-state index in [0.29, 0.717) is 11.8 Å². The van der Waals surface area contributed by atoms with E-state index in [2.05, 4.69) is 18.8 Å². The van der Waals surface area contributed by atoms with Crippen LogP contribution in [0.15, 0.2) is 12.1 Å². The summed E-state index contributed by atoms with van der Waals surface area (Å²) in [6, 6.07) is 3.26. The molecule has 0 aromatic carbocycles. The molecule has 2 rings (SSSR count). The van der Waals surface area contributed by atoms with Crippen molar-refractivity contribution in [2.45, 2.75) is 46.1 Å². The fourth-order valence-corrected chi connectivity index (χ4v) is 2.91. The van der Waals surface area contributed by atoms with E-state index in [1.165, 1.54) is 6.42 Å². The Balaban J connectivity index is 2.18. The molecule has 0 bridgehead atoms. The summed E-state index contributed by atoms with van der Waals surface area (Å²) in [5, 5.41) is 9.17. The maximum absolute atomic E-state index is 11.2. The number of aromatic carboxylic acids is 1. The van der Waals surface area contributed by atoms with Crippen molar-refractivity contribution >= 4 is 5.97 Å². The van der Waals surface area contributed by atoms with Crippen LogP contribution in [0, 0.1) is 18.8 Å². The van der Waals surface area contributed by atoms with Gasteiger partial charge in [-0.2, -0.15) is 0 Å². The van der Waals surface area contributed by atoms with Crippen LogP contribution in [-0.4, -0.2) is 22.2 Å². The number of hydrogen-bond donors (Lipinski definition) is 1. The molecule has 1 aliphatic rings. The molecule has 0 amide bonds. The van der Waals surface area contributed by atoms with Crippen molar-refractivity contribution in [3.8, 4) is 5.88 Å². The van der Waals surface area contributed by atoms with Crippen molar-refractivity contribution < 1.29 is 14.6 Å². The number of aryl methyl sites for hydroxylation is 1. The minimum absolute atomic E-state index is 0.0751. The second-order valence-electron chi connectivity index (χ2n) is 5.77. The van der Waals surface area contributed by atoms with Gasteiger partial charge < -0.3 is 9.84 Å². The number of carboxylic acids is 1. The highest BCUT2D eigenvalue weighted by atomic mass is 16.5. The molecule has 1 heterocycles. The summed E-state index contributed by atoms with van der Waals surface area (Å²) in [5.41, 5.74) is 0.924. The zero-order valence-corrected chi connectivity index (χ0v) is 11.7. The van der Waals surface area contributed by atoms with Gasteiger partial charge in [-0.15, -0.1) is 0 Å². The quantitative estimate of drug-likeness (QED) is 0.909.